The summed E-state index contributed by atoms with van der Waals surface area (Å²) in [6.45, 7) is 6.48. The smallest absolute Gasteiger partial charge is 0.0850 e. The SMILES string of the molecule is CC(C)(C)c1ccc(N)c(C(O)Cc2ccccc2)c1. The largest absolute Gasteiger partial charge is 0.398 e. The molecule has 2 aromatic carbocycles. The third-order valence-electron chi connectivity index (χ3n) is 3.58. The van der Waals surface area contributed by atoms with Gasteiger partial charge in [0.1, 0.15) is 0 Å². The molecule has 0 aliphatic carbocycles. The molecule has 0 bridgehead atoms. The van der Waals surface area contributed by atoms with Crippen molar-refractivity contribution >= 4 is 5.69 Å². The first kappa shape index (κ1) is 14.6. The van der Waals surface area contributed by atoms with Gasteiger partial charge in [-0.05, 0) is 22.6 Å². The monoisotopic (exact) mass is 269 g/mol. The number of nitrogens with two attached hydrogens (primary N) is 1. The molecule has 0 aliphatic heterocycles. The van der Waals surface area contributed by atoms with E-state index in [2.05, 4.69) is 20.8 Å². The minimum absolute atomic E-state index is 0.0505. The number of hydrogen-bond acceptors (Lipinski definition) is 2. The van der Waals surface area contributed by atoms with Gasteiger partial charge in [-0.2, -0.15) is 0 Å². The van der Waals surface area contributed by atoms with Crippen LogP contribution >= 0.6 is 0 Å². The Bertz CT molecular complexity index is 570. The molecule has 20 heavy (non-hydrogen) atoms. The van der Waals surface area contributed by atoms with Gasteiger partial charge in [-0.3, -0.25) is 0 Å². The van der Waals surface area contributed by atoms with Crippen molar-refractivity contribution in [2.75, 3.05) is 5.73 Å². The summed E-state index contributed by atoms with van der Waals surface area (Å²) in [6, 6.07) is 15.9. The van der Waals surface area contributed by atoms with Crippen LogP contribution in [0.2, 0.25) is 0 Å². The highest BCUT2D eigenvalue weighted by Gasteiger charge is 2.18. The van der Waals surface area contributed by atoms with Crippen molar-refractivity contribution in [1.82, 2.24) is 0 Å². The van der Waals surface area contributed by atoms with E-state index in [0.29, 0.717) is 12.1 Å². The first-order chi connectivity index (χ1) is 9.38. The normalized spacial score (nSPS) is 13.2. The topological polar surface area (TPSA) is 46.2 Å². The molecule has 2 nitrogen and oxygen atoms in total. The Morgan fingerprint density at radius 2 is 1.70 bits per heavy atom. The summed E-state index contributed by atoms with van der Waals surface area (Å²) in [7, 11) is 0. The molecular formula is C18H23NO. The molecule has 0 aromatic heterocycles. The third kappa shape index (κ3) is 3.40. The Kier molecular flexibility index (Phi) is 4.15. The molecule has 2 heteroatoms. The minimum Gasteiger partial charge on any atom is -0.398 e. The first-order valence-corrected chi connectivity index (χ1v) is 7.00. The molecule has 2 rings (SSSR count). The summed E-state index contributed by atoms with van der Waals surface area (Å²) < 4.78 is 0. The number of anilines is 1. The van der Waals surface area contributed by atoms with E-state index in [0.717, 1.165) is 11.1 Å². The quantitative estimate of drug-likeness (QED) is 0.832. The van der Waals surface area contributed by atoms with Crippen molar-refractivity contribution in [1.29, 1.82) is 0 Å². The molecule has 2 aromatic rings. The van der Waals surface area contributed by atoms with Crippen LogP contribution in [-0.2, 0) is 11.8 Å². The first-order valence-electron chi connectivity index (χ1n) is 7.00. The predicted octanol–water partition coefficient (Wildman–Crippen LogP) is 3.84. The van der Waals surface area contributed by atoms with E-state index in [-0.39, 0.29) is 5.41 Å². The number of rotatable bonds is 3. The van der Waals surface area contributed by atoms with Gasteiger partial charge in [-0.25, -0.2) is 0 Å². The standard InChI is InChI=1S/C18H23NO/c1-18(2,3)14-9-10-16(19)15(12-14)17(20)11-13-7-5-4-6-8-13/h4-10,12,17,20H,11,19H2,1-3H3. The van der Waals surface area contributed by atoms with Crippen LogP contribution in [0.4, 0.5) is 5.69 Å². The molecule has 0 spiro atoms. The second-order valence-electron chi connectivity index (χ2n) is 6.30. The zero-order valence-corrected chi connectivity index (χ0v) is 12.4. The zero-order valence-electron chi connectivity index (χ0n) is 12.4. The lowest BCUT2D eigenvalue weighted by Gasteiger charge is -2.22. The number of hydrogen-bond donors (Lipinski definition) is 2. The minimum atomic E-state index is -0.570. The molecule has 0 aliphatic rings. The van der Waals surface area contributed by atoms with Crippen molar-refractivity contribution in [2.45, 2.75) is 38.7 Å². The highest BCUT2D eigenvalue weighted by atomic mass is 16.3. The Morgan fingerprint density at radius 1 is 1.05 bits per heavy atom. The molecular weight excluding hydrogens is 246 g/mol. The van der Waals surface area contributed by atoms with Crippen molar-refractivity contribution < 1.29 is 5.11 Å². The second kappa shape index (κ2) is 5.68. The van der Waals surface area contributed by atoms with Crippen LogP contribution in [0.25, 0.3) is 0 Å². The summed E-state index contributed by atoms with van der Waals surface area (Å²) in [5.41, 5.74) is 9.85. The molecule has 0 radical (unpaired) electrons. The van der Waals surface area contributed by atoms with E-state index in [9.17, 15) is 5.11 Å². The molecule has 1 unspecified atom stereocenters. The van der Waals surface area contributed by atoms with Crippen molar-refractivity contribution in [3.8, 4) is 0 Å². The van der Waals surface area contributed by atoms with Crippen LogP contribution < -0.4 is 5.73 Å². The highest BCUT2D eigenvalue weighted by molar-refractivity contribution is 5.51. The third-order valence-corrected chi connectivity index (χ3v) is 3.58. The van der Waals surface area contributed by atoms with E-state index in [1.807, 2.05) is 48.5 Å². The molecule has 0 saturated carbocycles. The van der Waals surface area contributed by atoms with E-state index >= 15 is 0 Å². The average Bonchev–Trinajstić information content (AvgIpc) is 2.39. The maximum Gasteiger partial charge on any atom is 0.0850 e. The summed E-state index contributed by atoms with van der Waals surface area (Å²) >= 11 is 0. The zero-order chi connectivity index (χ0) is 14.8. The average molecular weight is 269 g/mol. The number of benzene rings is 2. The fourth-order valence-corrected chi connectivity index (χ4v) is 2.28. The van der Waals surface area contributed by atoms with Gasteiger partial charge in [0.05, 0.1) is 6.10 Å². The van der Waals surface area contributed by atoms with Crippen LogP contribution in [0, 0.1) is 0 Å². The van der Waals surface area contributed by atoms with Crippen LogP contribution in [0.5, 0.6) is 0 Å². The fraction of sp³-hybridized carbons (Fsp3) is 0.333. The van der Waals surface area contributed by atoms with Gasteiger partial charge in [0.25, 0.3) is 0 Å². The van der Waals surface area contributed by atoms with Gasteiger partial charge in [-0.1, -0.05) is 63.2 Å². The van der Waals surface area contributed by atoms with Crippen LogP contribution in [0.3, 0.4) is 0 Å². The van der Waals surface area contributed by atoms with Gasteiger partial charge in [-0.15, -0.1) is 0 Å². The van der Waals surface area contributed by atoms with E-state index in [1.54, 1.807) is 0 Å². The summed E-state index contributed by atoms with van der Waals surface area (Å²) in [4.78, 5) is 0. The molecule has 0 amide bonds. The van der Waals surface area contributed by atoms with Gasteiger partial charge in [0.15, 0.2) is 0 Å². The number of aliphatic hydroxyl groups excluding tert-OH is 1. The molecule has 106 valence electrons. The van der Waals surface area contributed by atoms with Crippen LogP contribution in [0.1, 0.15) is 43.6 Å². The van der Waals surface area contributed by atoms with Crippen molar-refractivity contribution in [2.24, 2.45) is 0 Å². The lowest BCUT2D eigenvalue weighted by molar-refractivity contribution is 0.179. The predicted molar refractivity (Wildman–Crippen MR) is 84.7 cm³/mol. The van der Waals surface area contributed by atoms with Crippen molar-refractivity contribution in [3.05, 3.63) is 65.2 Å². The Morgan fingerprint density at radius 3 is 2.30 bits per heavy atom. The lowest BCUT2D eigenvalue weighted by atomic mass is 9.85. The Labute approximate surface area is 121 Å². The summed E-state index contributed by atoms with van der Waals surface area (Å²) in [5, 5.41) is 10.5. The molecule has 0 fully saturated rings. The lowest BCUT2D eigenvalue weighted by Crippen LogP contribution is -2.13. The summed E-state index contributed by atoms with van der Waals surface area (Å²) in [6.07, 6.45) is 0.0123. The highest BCUT2D eigenvalue weighted by Crippen LogP contribution is 2.30. The van der Waals surface area contributed by atoms with Gasteiger partial charge in [0.2, 0.25) is 0 Å². The number of aliphatic hydroxyl groups is 1. The van der Waals surface area contributed by atoms with Crippen molar-refractivity contribution in [3.63, 3.8) is 0 Å². The van der Waals surface area contributed by atoms with E-state index in [1.165, 1.54) is 5.56 Å². The van der Waals surface area contributed by atoms with Crippen LogP contribution in [-0.4, -0.2) is 5.11 Å². The second-order valence-corrected chi connectivity index (χ2v) is 6.30. The Hall–Kier alpha value is -1.80. The maximum absolute atomic E-state index is 10.5. The van der Waals surface area contributed by atoms with Gasteiger partial charge < -0.3 is 10.8 Å². The van der Waals surface area contributed by atoms with Crippen LogP contribution in [0.15, 0.2) is 48.5 Å². The molecule has 3 N–H and O–H groups in total. The molecule has 1 atom stereocenters. The molecule has 0 heterocycles. The number of nitrogen functional groups attached to an aromatic ring is 1. The van der Waals surface area contributed by atoms with Gasteiger partial charge in [0, 0.05) is 17.7 Å². The molecule has 0 saturated heterocycles. The summed E-state index contributed by atoms with van der Waals surface area (Å²) in [5.74, 6) is 0. The van der Waals surface area contributed by atoms with E-state index in [4.69, 9.17) is 5.73 Å². The maximum atomic E-state index is 10.5. The fourth-order valence-electron chi connectivity index (χ4n) is 2.28. The van der Waals surface area contributed by atoms with Gasteiger partial charge >= 0.3 is 0 Å². The Balaban J connectivity index is 2.27. The van der Waals surface area contributed by atoms with E-state index < -0.39 is 6.10 Å².